The van der Waals surface area contributed by atoms with Crippen molar-refractivity contribution in [3.05, 3.63) is 28.8 Å². The number of anilines is 1. The van der Waals surface area contributed by atoms with E-state index in [1.165, 1.54) is 11.3 Å². The highest BCUT2D eigenvalue weighted by Crippen LogP contribution is 2.30. The lowest BCUT2D eigenvalue weighted by molar-refractivity contribution is -0.129. The number of carbonyl (C=O) groups is 1. The molecule has 1 aromatic rings. The molecule has 0 unspecified atom stereocenters. The number of amides is 1. The first-order valence-corrected chi connectivity index (χ1v) is 8.16. The molecule has 2 aliphatic rings. The van der Waals surface area contributed by atoms with E-state index < -0.39 is 0 Å². The van der Waals surface area contributed by atoms with E-state index >= 15 is 0 Å². The second kappa shape index (κ2) is 5.63. The van der Waals surface area contributed by atoms with E-state index in [0.29, 0.717) is 6.54 Å². The van der Waals surface area contributed by atoms with Gasteiger partial charge < -0.3 is 9.80 Å². The van der Waals surface area contributed by atoms with Gasteiger partial charge in [0.2, 0.25) is 5.91 Å². The summed E-state index contributed by atoms with van der Waals surface area (Å²) >= 11 is 7.93. The number of fused-ring (bicyclic) bond motifs is 1. The molecule has 1 amide bonds. The predicted octanol–water partition coefficient (Wildman–Crippen LogP) is 2.28. The van der Waals surface area contributed by atoms with Crippen molar-refractivity contribution in [1.29, 1.82) is 0 Å². The van der Waals surface area contributed by atoms with Gasteiger partial charge in [-0.3, -0.25) is 4.79 Å². The molecule has 0 atom stereocenters. The average molecular weight is 297 g/mol. The summed E-state index contributed by atoms with van der Waals surface area (Å²) in [4.78, 5) is 16.4. The molecule has 1 aromatic carbocycles. The first-order chi connectivity index (χ1) is 9.24. The summed E-state index contributed by atoms with van der Waals surface area (Å²) in [7, 11) is 0. The zero-order valence-corrected chi connectivity index (χ0v) is 12.3. The van der Waals surface area contributed by atoms with Gasteiger partial charge >= 0.3 is 0 Å². The van der Waals surface area contributed by atoms with Crippen LogP contribution in [0.1, 0.15) is 5.56 Å². The van der Waals surface area contributed by atoms with E-state index in [2.05, 4.69) is 4.90 Å². The molecular formula is C14H17ClN2OS. The topological polar surface area (TPSA) is 23.6 Å². The zero-order valence-electron chi connectivity index (χ0n) is 10.8. The van der Waals surface area contributed by atoms with E-state index in [1.54, 1.807) is 0 Å². The normalized spacial score (nSPS) is 18.6. The molecule has 0 aliphatic carbocycles. The molecule has 0 N–H and O–H groups in total. The van der Waals surface area contributed by atoms with Gasteiger partial charge in [0.25, 0.3) is 0 Å². The monoisotopic (exact) mass is 296 g/mol. The maximum atomic E-state index is 12.3. The summed E-state index contributed by atoms with van der Waals surface area (Å²) in [5, 5.41) is 0.778. The molecule has 2 heterocycles. The molecule has 102 valence electrons. The van der Waals surface area contributed by atoms with Crippen molar-refractivity contribution in [2.75, 3.05) is 42.6 Å². The second-order valence-electron chi connectivity index (χ2n) is 4.94. The van der Waals surface area contributed by atoms with Crippen molar-refractivity contribution in [1.82, 2.24) is 4.90 Å². The Morgan fingerprint density at radius 1 is 1.26 bits per heavy atom. The van der Waals surface area contributed by atoms with Crippen LogP contribution in [0.5, 0.6) is 0 Å². The van der Waals surface area contributed by atoms with Gasteiger partial charge in [0.1, 0.15) is 0 Å². The van der Waals surface area contributed by atoms with E-state index in [-0.39, 0.29) is 5.91 Å². The number of thioether (sulfide) groups is 1. The zero-order chi connectivity index (χ0) is 13.2. The molecule has 0 radical (unpaired) electrons. The fourth-order valence-corrected chi connectivity index (χ4v) is 3.78. The average Bonchev–Trinajstić information content (AvgIpc) is 2.82. The van der Waals surface area contributed by atoms with Crippen molar-refractivity contribution in [2.45, 2.75) is 6.42 Å². The molecule has 3 nitrogen and oxygen atoms in total. The fourth-order valence-electron chi connectivity index (χ4n) is 2.68. The first kappa shape index (κ1) is 13.1. The highest BCUT2D eigenvalue weighted by atomic mass is 35.5. The van der Waals surface area contributed by atoms with Gasteiger partial charge in [-0.1, -0.05) is 11.6 Å². The first-order valence-electron chi connectivity index (χ1n) is 6.63. The van der Waals surface area contributed by atoms with Gasteiger partial charge in [-0.2, -0.15) is 11.8 Å². The van der Waals surface area contributed by atoms with E-state index in [1.807, 2.05) is 34.9 Å². The van der Waals surface area contributed by atoms with Gasteiger partial charge in [-0.25, -0.2) is 0 Å². The van der Waals surface area contributed by atoms with Gasteiger partial charge in [0.05, 0.1) is 6.54 Å². The molecule has 0 spiro atoms. The van der Waals surface area contributed by atoms with Crippen LogP contribution in [-0.2, 0) is 11.2 Å². The number of halogens is 1. The summed E-state index contributed by atoms with van der Waals surface area (Å²) in [6, 6.07) is 5.95. The maximum absolute atomic E-state index is 12.3. The van der Waals surface area contributed by atoms with Gasteiger partial charge in [0.15, 0.2) is 0 Å². The molecule has 1 saturated heterocycles. The Hall–Kier alpha value is -0.870. The quantitative estimate of drug-likeness (QED) is 0.836. The molecule has 0 aromatic heterocycles. The fraction of sp³-hybridized carbons (Fsp3) is 0.500. The Bertz CT molecular complexity index is 488. The molecule has 19 heavy (non-hydrogen) atoms. The Kier molecular flexibility index (Phi) is 3.89. The van der Waals surface area contributed by atoms with Gasteiger partial charge in [-0.05, 0) is 30.2 Å². The number of carbonyl (C=O) groups excluding carboxylic acids is 1. The summed E-state index contributed by atoms with van der Waals surface area (Å²) in [6.07, 6.45) is 0.985. The Morgan fingerprint density at radius 3 is 2.84 bits per heavy atom. The molecular weight excluding hydrogens is 280 g/mol. The second-order valence-corrected chi connectivity index (χ2v) is 6.60. The minimum atomic E-state index is 0.253. The van der Waals surface area contributed by atoms with Crippen molar-refractivity contribution in [3.8, 4) is 0 Å². The molecule has 3 rings (SSSR count). The lowest BCUT2D eigenvalue weighted by Crippen LogP contribution is -2.43. The Morgan fingerprint density at radius 2 is 2.05 bits per heavy atom. The summed E-state index contributed by atoms with van der Waals surface area (Å²) in [6.45, 7) is 3.21. The summed E-state index contributed by atoms with van der Waals surface area (Å²) < 4.78 is 0. The van der Waals surface area contributed by atoms with Crippen LogP contribution in [0.2, 0.25) is 5.02 Å². The molecule has 5 heteroatoms. The number of benzene rings is 1. The van der Waals surface area contributed by atoms with E-state index in [9.17, 15) is 4.79 Å². The number of hydrogen-bond acceptors (Lipinski definition) is 3. The van der Waals surface area contributed by atoms with Crippen LogP contribution in [-0.4, -0.2) is 48.5 Å². The maximum Gasteiger partial charge on any atom is 0.242 e. The third-order valence-electron chi connectivity index (χ3n) is 3.72. The standard InChI is InChI=1S/C14H17ClN2OS/c15-12-1-2-13-11(9-12)3-4-17(13)10-14(18)16-5-7-19-8-6-16/h1-2,9H,3-8,10H2. The van der Waals surface area contributed by atoms with Crippen LogP contribution in [0.3, 0.4) is 0 Å². The molecule has 2 aliphatic heterocycles. The highest BCUT2D eigenvalue weighted by molar-refractivity contribution is 7.99. The minimum absolute atomic E-state index is 0.253. The van der Waals surface area contributed by atoms with Crippen molar-refractivity contribution < 1.29 is 4.79 Å². The van der Waals surface area contributed by atoms with Crippen LogP contribution in [0, 0.1) is 0 Å². The SMILES string of the molecule is O=C(CN1CCc2cc(Cl)ccc21)N1CCSCC1. The Balaban J connectivity index is 1.67. The smallest absolute Gasteiger partial charge is 0.242 e. The van der Waals surface area contributed by atoms with Crippen LogP contribution in [0.4, 0.5) is 5.69 Å². The van der Waals surface area contributed by atoms with Crippen LogP contribution in [0.25, 0.3) is 0 Å². The van der Waals surface area contributed by atoms with E-state index in [0.717, 1.165) is 42.6 Å². The van der Waals surface area contributed by atoms with Gasteiger partial charge in [-0.15, -0.1) is 0 Å². The minimum Gasteiger partial charge on any atom is -0.362 e. The third kappa shape index (κ3) is 2.84. The van der Waals surface area contributed by atoms with Crippen molar-refractivity contribution in [3.63, 3.8) is 0 Å². The third-order valence-corrected chi connectivity index (χ3v) is 4.90. The molecule has 1 fully saturated rings. The Labute approximate surface area is 122 Å². The number of rotatable bonds is 2. The molecule has 0 bridgehead atoms. The van der Waals surface area contributed by atoms with E-state index in [4.69, 9.17) is 11.6 Å². The number of hydrogen-bond donors (Lipinski definition) is 0. The van der Waals surface area contributed by atoms with Crippen LogP contribution in [0.15, 0.2) is 18.2 Å². The predicted molar refractivity (Wildman–Crippen MR) is 81.3 cm³/mol. The van der Waals surface area contributed by atoms with Crippen molar-refractivity contribution >= 4 is 35.0 Å². The summed E-state index contributed by atoms with van der Waals surface area (Å²) in [5.41, 5.74) is 2.43. The van der Waals surface area contributed by atoms with Gasteiger partial charge in [0, 0.05) is 41.8 Å². The van der Waals surface area contributed by atoms with Crippen LogP contribution < -0.4 is 4.90 Å². The summed E-state index contributed by atoms with van der Waals surface area (Å²) in [5.74, 6) is 2.39. The largest absolute Gasteiger partial charge is 0.362 e. The lowest BCUT2D eigenvalue weighted by Gasteiger charge is -2.29. The highest BCUT2D eigenvalue weighted by Gasteiger charge is 2.24. The lowest BCUT2D eigenvalue weighted by atomic mass is 10.2. The number of nitrogens with zero attached hydrogens (tertiary/aromatic N) is 2. The molecule has 0 saturated carbocycles. The van der Waals surface area contributed by atoms with Crippen LogP contribution >= 0.6 is 23.4 Å². The van der Waals surface area contributed by atoms with Crippen molar-refractivity contribution in [2.24, 2.45) is 0 Å².